The molecule has 1 fully saturated rings. The Labute approximate surface area is 173 Å². The number of carbonyl (C=O) groups is 2. The van der Waals surface area contributed by atoms with Crippen LogP contribution in [0.3, 0.4) is 0 Å². The molecule has 0 radical (unpaired) electrons. The Morgan fingerprint density at radius 2 is 1.59 bits per heavy atom. The molecule has 1 heterocycles. The SMILES string of the molecule is O=C(Nc1ccc(Cl)cc1)C1CC(=O)N(c2ccc(Oc3ccccc3)cc2)C1. The maximum absolute atomic E-state index is 12.5. The third-order valence-corrected chi connectivity index (χ3v) is 4.99. The average molecular weight is 407 g/mol. The molecule has 146 valence electrons. The van der Waals surface area contributed by atoms with Crippen molar-refractivity contribution in [1.29, 1.82) is 0 Å². The van der Waals surface area contributed by atoms with Gasteiger partial charge < -0.3 is 15.0 Å². The second kappa shape index (κ2) is 8.37. The molecule has 1 atom stereocenters. The second-order valence-corrected chi connectivity index (χ2v) is 7.25. The summed E-state index contributed by atoms with van der Waals surface area (Å²) >= 11 is 5.86. The number of nitrogens with one attached hydrogen (secondary N) is 1. The lowest BCUT2D eigenvalue weighted by Crippen LogP contribution is -2.28. The van der Waals surface area contributed by atoms with Gasteiger partial charge in [-0.1, -0.05) is 29.8 Å². The van der Waals surface area contributed by atoms with Gasteiger partial charge in [-0.3, -0.25) is 9.59 Å². The smallest absolute Gasteiger partial charge is 0.229 e. The van der Waals surface area contributed by atoms with E-state index in [1.165, 1.54) is 0 Å². The second-order valence-electron chi connectivity index (χ2n) is 6.81. The Hall–Kier alpha value is -3.31. The number of carbonyl (C=O) groups excluding carboxylic acids is 2. The van der Waals surface area contributed by atoms with Crippen LogP contribution in [0.1, 0.15) is 6.42 Å². The summed E-state index contributed by atoms with van der Waals surface area (Å²) in [7, 11) is 0. The lowest BCUT2D eigenvalue weighted by atomic mass is 10.1. The van der Waals surface area contributed by atoms with E-state index in [4.69, 9.17) is 16.3 Å². The molecule has 0 saturated carbocycles. The number of hydrogen-bond acceptors (Lipinski definition) is 3. The van der Waals surface area contributed by atoms with Gasteiger partial charge >= 0.3 is 0 Å². The van der Waals surface area contributed by atoms with Gasteiger partial charge in [-0.15, -0.1) is 0 Å². The first-order chi connectivity index (χ1) is 14.1. The van der Waals surface area contributed by atoms with E-state index in [-0.39, 0.29) is 18.2 Å². The van der Waals surface area contributed by atoms with Gasteiger partial charge in [0, 0.05) is 29.4 Å². The van der Waals surface area contributed by atoms with Crippen molar-refractivity contribution in [1.82, 2.24) is 0 Å². The van der Waals surface area contributed by atoms with E-state index < -0.39 is 5.92 Å². The molecule has 3 aromatic carbocycles. The van der Waals surface area contributed by atoms with Crippen LogP contribution in [-0.4, -0.2) is 18.4 Å². The number of nitrogens with zero attached hydrogens (tertiary/aromatic N) is 1. The zero-order chi connectivity index (χ0) is 20.2. The Balaban J connectivity index is 1.39. The van der Waals surface area contributed by atoms with Gasteiger partial charge in [0.1, 0.15) is 11.5 Å². The summed E-state index contributed by atoms with van der Waals surface area (Å²) in [5, 5.41) is 3.45. The summed E-state index contributed by atoms with van der Waals surface area (Å²) < 4.78 is 5.78. The van der Waals surface area contributed by atoms with Crippen LogP contribution in [0.15, 0.2) is 78.9 Å². The minimum atomic E-state index is -0.404. The van der Waals surface area contributed by atoms with Crippen LogP contribution in [0.2, 0.25) is 5.02 Å². The number of ether oxygens (including phenoxy) is 1. The van der Waals surface area contributed by atoms with E-state index in [9.17, 15) is 9.59 Å². The van der Waals surface area contributed by atoms with Gasteiger partial charge in [0.2, 0.25) is 11.8 Å². The van der Waals surface area contributed by atoms with Crippen LogP contribution in [-0.2, 0) is 9.59 Å². The van der Waals surface area contributed by atoms with E-state index in [0.717, 1.165) is 11.4 Å². The van der Waals surface area contributed by atoms with Crippen molar-refractivity contribution in [2.45, 2.75) is 6.42 Å². The zero-order valence-corrected chi connectivity index (χ0v) is 16.3. The molecule has 0 aromatic heterocycles. The molecular formula is C23H19ClN2O3. The number of anilines is 2. The molecule has 1 unspecified atom stereocenters. The van der Waals surface area contributed by atoms with E-state index in [1.807, 2.05) is 54.6 Å². The van der Waals surface area contributed by atoms with E-state index >= 15 is 0 Å². The largest absolute Gasteiger partial charge is 0.457 e. The normalized spacial score (nSPS) is 16.0. The first-order valence-corrected chi connectivity index (χ1v) is 9.66. The summed E-state index contributed by atoms with van der Waals surface area (Å²) in [6.45, 7) is 0.344. The molecule has 0 bridgehead atoms. The highest BCUT2D eigenvalue weighted by Gasteiger charge is 2.35. The minimum Gasteiger partial charge on any atom is -0.457 e. The van der Waals surface area contributed by atoms with Crippen LogP contribution in [0.25, 0.3) is 0 Å². The first-order valence-electron chi connectivity index (χ1n) is 9.28. The quantitative estimate of drug-likeness (QED) is 0.639. The highest BCUT2D eigenvalue weighted by molar-refractivity contribution is 6.30. The van der Waals surface area contributed by atoms with Crippen molar-refractivity contribution in [3.05, 3.63) is 83.9 Å². The van der Waals surface area contributed by atoms with E-state index in [1.54, 1.807) is 29.2 Å². The summed E-state index contributed by atoms with van der Waals surface area (Å²) in [6, 6.07) is 23.7. The fourth-order valence-electron chi connectivity index (χ4n) is 3.23. The fourth-order valence-corrected chi connectivity index (χ4v) is 3.36. The molecular weight excluding hydrogens is 388 g/mol. The molecule has 4 rings (SSSR count). The third-order valence-electron chi connectivity index (χ3n) is 4.73. The van der Waals surface area contributed by atoms with Crippen molar-refractivity contribution in [2.24, 2.45) is 5.92 Å². The number of hydrogen-bond donors (Lipinski definition) is 1. The molecule has 6 heteroatoms. The molecule has 1 saturated heterocycles. The number of benzene rings is 3. The lowest BCUT2D eigenvalue weighted by Gasteiger charge is -2.17. The predicted molar refractivity (Wildman–Crippen MR) is 113 cm³/mol. The van der Waals surface area contributed by atoms with E-state index in [0.29, 0.717) is 23.0 Å². The van der Waals surface area contributed by atoms with Gasteiger partial charge in [-0.05, 0) is 60.7 Å². The van der Waals surface area contributed by atoms with Crippen molar-refractivity contribution < 1.29 is 14.3 Å². The van der Waals surface area contributed by atoms with Crippen LogP contribution in [0.5, 0.6) is 11.5 Å². The van der Waals surface area contributed by atoms with Gasteiger partial charge in [0.25, 0.3) is 0 Å². The number of para-hydroxylation sites is 1. The molecule has 2 amide bonds. The van der Waals surface area contributed by atoms with Crippen LogP contribution >= 0.6 is 11.6 Å². The predicted octanol–water partition coefficient (Wildman–Crippen LogP) is 5.12. The molecule has 1 aliphatic rings. The maximum Gasteiger partial charge on any atom is 0.229 e. The standard InChI is InChI=1S/C23H19ClN2O3/c24-17-6-8-18(9-7-17)25-23(28)16-14-22(27)26(15-16)19-10-12-21(13-11-19)29-20-4-2-1-3-5-20/h1-13,16H,14-15H2,(H,25,28). The summed E-state index contributed by atoms with van der Waals surface area (Å²) in [6.07, 6.45) is 0.182. The van der Waals surface area contributed by atoms with Gasteiger partial charge in [-0.2, -0.15) is 0 Å². The molecule has 0 aliphatic carbocycles. The Morgan fingerprint density at radius 3 is 2.28 bits per heavy atom. The Kier molecular flexibility index (Phi) is 5.49. The maximum atomic E-state index is 12.5. The highest BCUT2D eigenvalue weighted by Crippen LogP contribution is 2.29. The van der Waals surface area contributed by atoms with Crippen molar-refractivity contribution in [2.75, 3.05) is 16.8 Å². The molecule has 1 N–H and O–H groups in total. The van der Waals surface area contributed by atoms with Gasteiger partial charge in [-0.25, -0.2) is 0 Å². The monoisotopic (exact) mass is 406 g/mol. The number of amides is 2. The van der Waals surface area contributed by atoms with Crippen molar-refractivity contribution >= 4 is 34.8 Å². The van der Waals surface area contributed by atoms with Crippen LogP contribution in [0.4, 0.5) is 11.4 Å². The Morgan fingerprint density at radius 1 is 0.931 bits per heavy atom. The van der Waals surface area contributed by atoms with Gasteiger partial charge in [0.15, 0.2) is 0 Å². The van der Waals surface area contributed by atoms with Gasteiger partial charge in [0.05, 0.1) is 5.92 Å². The summed E-state index contributed by atoms with van der Waals surface area (Å²) in [5.41, 5.74) is 1.41. The fraction of sp³-hybridized carbons (Fsp3) is 0.130. The topological polar surface area (TPSA) is 58.6 Å². The van der Waals surface area contributed by atoms with E-state index in [2.05, 4.69) is 5.32 Å². The summed E-state index contributed by atoms with van der Waals surface area (Å²) in [5.74, 6) is 0.781. The minimum absolute atomic E-state index is 0.0713. The lowest BCUT2D eigenvalue weighted by molar-refractivity contribution is -0.122. The molecule has 29 heavy (non-hydrogen) atoms. The molecule has 3 aromatic rings. The van der Waals surface area contributed by atoms with Crippen molar-refractivity contribution in [3.63, 3.8) is 0 Å². The Bertz CT molecular complexity index is 1000. The highest BCUT2D eigenvalue weighted by atomic mass is 35.5. The first kappa shape index (κ1) is 19.0. The number of halogens is 1. The summed E-state index contributed by atoms with van der Waals surface area (Å²) in [4.78, 5) is 26.6. The molecule has 5 nitrogen and oxygen atoms in total. The zero-order valence-electron chi connectivity index (χ0n) is 15.5. The van der Waals surface area contributed by atoms with Crippen LogP contribution in [0, 0.1) is 5.92 Å². The molecule has 1 aliphatic heterocycles. The van der Waals surface area contributed by atoms with Crippen molar-refractivity contribution in [3.8, 4) is 11.5 Å². The molecule has 0 spiro atoms. The average Bonchev–Trinajstić information content (AvgIpc) is 3.13. The van der Waals surface area contributed by atoms with Crippen LogP contribution < -0.4 is 15.0 Å². The third kappa shape index (κ3) is 4.58. The number of rotatable bonds is 5.